The summed E-state index contributed by atoms with van der Waals surface area (Å²) >= 11 is 0. The van der Waals surface area contributed by atoms with Crippen molar-refractivity contribution in [3.8, 4) is 0 Å². The van der Waals surface area contributed by atoms with E-state index in [0.29, 0.717) is 11.1 Å². The van der Waals surface area contributed by atoms with Crippen molar-refractivity contribution < 1.29 is 9.59 Å². The van der Waals surface area contributed by atoms with Crippen molar-refractivity contribution in [3.05, 3.63) is 65.5 Å². The maximum Gasteiger partial charge on any atom is 0.282 e. The van der Waals surface area contributed by atoms with Gasteiger partial charge in [0.15, 0.2) is 0 Å². The molecule has 0 unspecified atom stereocenters. The highest BCUT2D eigenvalue weighted by Gasteiger charge is 2.35. The minimum atomic E-state index is -0.397. The molecule has 1 aliphatic rings. The molecule has 0 spiro atoms. The Morgan fingerprint density at radius 1 is 0.947 bits per heavy atom. The van der Waals surface area contributed by atoms with Crippen LogP contribution in [-0.2, 0) is 0 Å². The van der Waals surface area contributed by atoms with Crippen LogP contribution in [0.25, 0.3) is 0 Å². The second-order valence-electron chi connectivity index (χ2n) is 3.99. The molecular weight excluding hydrogens is 242 g/mol. The standard InChI is InChI=1S/C14H9N3O2/c18-13-11-3-1-2-4-12(11)14(19)17(13)16-9-10-5-7-15-8-6-10/h1-9H/b16-9+. The van der Waals surface area contributed by atoms with E-state index < -0.39 is 11.8 Å². The number of amides is 2. The summed E-state index contributed by atoms with van der Waals surface area (Å²) in [7, 11) is 0. The molecular formula is C14H9N3O2. The topological polar surface area (TPSA) is 62.6 Å². The van der Waals surface area contributed by atoms with Crippen LogP contribution in [0.5, 0.6) is 0 Å². The monoisotopic (exact) mass is 251 g/mol. The molecule has 0 saturated carbocycles. The Morgan fingerprint density at radius 3 is 2.11 bits per heavy atom. The first kappa shape index (κ1) is 11.3. The van der Waals surface area contributed by atoms with Gasteiger partial charge in [-0.05, 0) is 29.8 Å². The van der Waals surface area contributed by atoms with Crippen LogP contribution < -0.4 is 0 Å². The average Bonchev–Trinajstić information content (AvgIpc) is 2.71. The lowest BCUT2D eigenvalue weighted by Gasteiger charge is -2.05. The Kier molecular flexibility index (Phi) is 2.64. The first-order valence-electron chi connectivity index (χ1n) is 5.69. The Morgan fingerprint density at radius 2 is 1.53 bits per heavy atom. The van der Waals surface area contributed by atoms with Gasteiger partial charge in [-0.25, -0.2) is 0 Å². The zero-order valence-corrected chi connectivity index (χ0v) is 9.85. The van der Waals surface area contributed by atoms with Crippen LogP contribution in [0.4, 0.5) is 0 Å². The van der Waals surface area contributed by atoms with Gasteiger partial charge in [0.2, 0.25) is 0 Å². The second-order valence-corrected chi connectivity index (χ2v) is 3.99. The lowest BCUT2D eigenvalue weighted by Crippen LogP contribution is -2.23. The van der Waals surface area contributed by atoms with Gasteiger partial charge >= 0.3 is 0 Å². The number of hydrogen-bond acceptors (Lipinski definition) is 4. The van der Waals surface area contributed by atoms with Crippen LogP contribution in [0.1, 0.15) is 26.3 Å². The predicted molar refractivity (Wildman–Crippen MR) is 68.8 cm³/mol. The molecule has 0 fully saturated rings. The number of carbonyl (C=O) groups is 2. The van der Waals surface area contributed by atoms with Crippen LogP contribution in [-0.4, -0.2) is 28.0 Å². The van der Waals surface area contributed by atoms with E-state index in [4.69, 9.17) is 0 Å². The summed E-state index contributed by atoms with van der Waals surface area (Å²) in [5.41, 5.74) is 1.55. The van der Waals surface area contributed by atoms with E-state index in [0.717, 1.165) is 10.6 Å². The fourth-order valence-electron chi connectivity index (χ4n) is 1.86. The van der Waals surface area contributed by atoms with Gasteiger partial charge in [0.1, 0.15) is 0 Å². The zero-order valence-electron chi connectivity index (χ0n) is 9.85. The van der Waals surface area contributed by atoms with Gasteiger partial charge in [-0.15, -0.1) is 0 Å². The molecule has 0 aliphatic carbocycles. The van der Waals surface area contributed by atoms with Crippen molar-refractivity contribution in [2.24, 2.45) is 5.10 Å². The third-order valence-corrected chi connectivity index (χ3v) is 2.80. The molecule has 2 amide bonds. The zero-order chi connectivity index (χ0) is 13.2. The molecule has 0 atom stereocenters. The van der Waals surface area contributed by atoms with Crippen LogP contribution in [0.3, 0.4) is 0 Å². The van der Waals surface area contributed by atoms with Gasteiger partial charge in [-0.1, -0.05) is 12.1 Å². The molecule has 0 bridgehead atoms. The molecule has 3 rings (SSSR count). The number of benzene rings is 1. The maximum absolute atomic E-state index is 12.0. The highest BCUT2D eigenvalue weighted by atomic mass is 16.2. The third-order valence-electron chi connectivity index (χ3n) is 2.80. The number of pyridine rings is 1. The van der Waals surface area contributed by atoms with Crippen LogP contribution >= 0.6 is 0 Å². The highest BCUT2D eigenvalue weighted by Crippen LogP contribution is 2.22. The molecule has 2 heterocycles. The summed E-state index contributed by atoms with van der Waals surface area (Å²) in [6.45, 7) is 0. The molecule has 1 aromatic carbocycles. The SMILES string of the molecule is O=C1c2ccccc2C(=O)N1/N=C/c1ccncc1. The summed E-state index contributed by atoms with van der Waals surface area (Å²) in [6, 6.07) is 10.2. The number of aromatic nitrogens is 1. The quantitative estimate of drug-likeness (QED) is 0.603. The molecule has 19 heavy (non-hydrogen) atoms. The average molecular weight is 251 g/mol. The van der Waals surface area contributed by atoms with Gasteiger partial charge in [-0.3, -0.25) is 14.6 Å². The summed E-state index contributed by atoms with van der Waals surface area (Å²) < 4.78 is 0. The van der Waals surface area contributed by atoms with Gasteiger partial charge in [0.05, 0.1) is 17.3 Å². The predicted octanol–water partition coefficient (Wildman–Crippen LogP) is 1.71. The molecule has 0 radical (unpaired) electrons. The molecule has 0 saturated heterocycles. The molecule has 92 valence electrons. The summed E-state index contributed by atoms with van der Waals surface area (Å²) in [5.74, 6) is -0.795. The molecule has 0 N–H and O–H groups in total. The number of imide groups is 1. The van der Waals surface area contributed by atoms with E-state index in [1.54, 1.807) is 48.8 Å². The minimum absolute atomic E-state index is 0.388. The lowest BCUT2D eigenvalue weighted by atomic mass is 10.1. The number of fused-ring (bicyclic) bond motifs is 1. The van der Waals surface area contributed by atoms with Crippen molar-refractivity contribution >= 4 is 18.0 Å². The van der Waals surface area contributed by atoms with Crippen molar-refractivity contribution in [2.45, 2.75) is 0 Å². The summed E-state index contributed by atoms with van der Waals surface area (Å²) in [5, 5.41) is 4.83. The Labute approximate surface area is 109 Å². The number of carbonyl (C=O) groups excluding carboxylic acids is 2. The first-order chi connectivity index (χ1) is 9.27. The van der Waals surface area contributed by atoms with E-state index in [1.807, 2.05) is 0 Å². The minimum Gasteiger partial charge on any atom is -0.267 e. The van der Waals surface area contributed by atoms with Crippen molar-refractivity contribution in [3.63, 3.8) is 0 Å². The van der Waals surface area contributed by atoms with E-state index in [2.05, 4.69) is 10.1 Å². The Hall–Kier alpha value is -2.82. The number of nitrogens with zero attached hydrogens (tertiary/aromatic N) is 3. The second kappa shape index (κ2) is 4.45. The fourth-order valence-corrected chi connectivity index (χ4v) is 1.86. The lowest BCUT2D eigenvalue weighted by molar-refractivity contribution is 0.0660. The van der Waals surface area contributed by atoms with Gasteiger partial charge in [0.25, 0.3) is 11.8 Å². The van der Waals surface area contributed by atoms with Gasteiger partial charge < -0.3 is 0 Å². The number of hydrogen-bond donors (Lipinski definition) is 0. The highest BCUT2D eigenvalue weighted by molar-refractivity contribution is 6.21. The fraction of sp³-hybridized carbons (Fsp3) is 0. The van der Waals surface area contributed by atoms with Crippen molar-refractivity contribution in [2.75, 3.05) is 0 Å². The molecule has 1 aromatic heterocycles. The Bertz CT molecular complexity index is 645. The third kappa shape index (κ3) is 1.91. The maximum atomic E-state index is 12.0. The molecule has 5 heteroatoms. The number of hydrazone groups is 1. The van der Waals surface area contributed by atoms with Crippen LogP contribution in [0, 0.1) is 0 Å². The van der Waals surface area contributed by atoms with Gasteiger partial charge in [-0.2, -0.15) is 10.1 Å². The van der Waals surface area contributed by atoms with E-state index in [9.17, 15) is 9.59 Å². The van der Waals surface area contributed by atoms with Gasteiger partial charge in [0, 0.05) is 12.4 Å². The summed E-state index contributed by atoms with van der Waals surface area (Å²) in [6.07, 6.45) is 4.69. The molecule has 5 nitrogen and oxygen atoms in total. The van der Waals surface area contributed by atoms with Crippen molar-refractivity contribution in [1.29, 1.82) is 0 Å². The largest absolute Gasteiger partial charge is 0.282 e. The summed E-state index contributed by atoms with van der Waals surface area (Å²) in [4.78, 5) is 27.9. The van der Waals surface area contributed by atoms with E-state index >= 15 is 0 Å². The van der Waals surface area contributed by atoms with Crippen LogP contribution in [0.15, 0.2) is 53.9 Å². The van der Waals surface area contributed by atoms with E-state index in [-0.39, 0.29) is 0 Å². The number of rotatable bonds is 2. The first-order valence-corrected chi connectivity index (χ1v) is 5.69. The Balaban J connectivity index is 1.91. The van der Waals surface area contributed by atoms with Crippen LogP contribution in [0.2, 0.25) is 0 Å². The normalized spacial score (nSPS) is 14.2. The molecule has 1 aliphatic heterocycles. The van der Waals surface area contributed by atoms with E-state index in [1.165, 1.54) is 6.21 Å². The molecule has 2 aromatic rings. The smallest absolute Gasteiger partial charge is 0.267 e. The van der Waals surface area contributed by atoms with Crippen molar-refractivity contribution in [1.82, 2.24) is 9.99 Å².